The van der Waals surface area contributed by atoms with E-state index in [1.165, 1.54) is 25.7 Å². The lowest BCUT2D eigenvalue weighted by Crippen LogP contribution is -2.54. The molecule has 176 valence electrons. The Balaban J connectivity index is 1.63. The summed E-state index contributed by atoms with van der Waals surface area (Å²) >= 11 is 0. The molecule has 4 aliphatic rings. The summed E-state index contributed by atoms with van der Waals surface area (Å²) in [6.45, 7) is 23.1. The van der Waals surface area contributed by atoms with Crippen molar-refractivity contribution < 1.29 is 0 Å². The summed E-state index contributed by atoms with van der Waals surface area (Å²) in [7, 11) is 0. The number of terminal acetylenes is 1. The molecule has 4 fully saturated rings. The van der Waals surface area contributed by atoms with Crippen LogP contribution >= 0.6 is 0 Å². The SMILES string of the molecule is C#CC1CC2C(C)C(C)C(C)CC2C(C)C1C1C(C)CC2C(C)C(C)C(C)CC2C1C. The van der Waals surface area contributed by atoms with Gasteiger partial charge >= 0.3 is 0 Å². The van der Waals surface area contributed by atoms with E-state index < -0.39 is 0 Å². The van der Waals surface area contributed by atoms with Crippen molar-refractivity contribution in [2.75, 3.05) is 0 Å². The molecule has 0 nitrogen and oxygen atoms in total. The van der Waals surface area contributed by atoms with E-state index in [-0.39, 0.29) is 0 Å². The van der Waals surface area contributed by atoms with Gasteiger partial charge in [-0.2, -0.15) is 0 Å². The van der Waals surface area contributed by atoms with Gasteiger partial charge in [-0.15, -0.1) is 12.3 Å². The Bertz CT molecular complexity index is 670. The van der Waals surface area contributed by atoms with Crippen molar-refractivity contribution in [1.29, 1.82) is 0 Å². The summed E-state index contributed by atoms with van der Waals surface area (Å²) < 4.78 is 0. The van der Waals surface area contributed by atoms with E-state index in [2.05, 4.69) is 68.2 Å². The van der Waals surface area contributed by atoms with Crippen LogP contribution in [0.5, 0.6) is 0 Å². The molecule has 0 spiro atoms. The lowest BCUT2D eigenvalue weighted by atomic mass is 9.45. The van der Waals surface area contributed by atoms with Crippen LogP contribution in [0.15, 0.2) is 0 Å². The molecule has 0 heteroatoms. The van der Waals surface area contributed by atoms with E-state index in [1.807, 2.05) is 0 Å². The average molecular weight is 425 g/mol. The lowest BCUT2D eigenvalue weighted by molar-refractivity contribution is -0.111. The molecule has 0 heterocycles. The van der Waals surface area contributed by atoms with Gasteiger partial charge in [-0.3, -0.25) is 0 Å². The molecule has 0 saturated heterocycles. The van der Waals surface area contributed by atoms with Crippen LogP contribution in [-0.4, -0.2) is 0 Å². The van der Waals surface area contributed by atoms with Gasteiger partial charge in [-0.25, -0.2) is 0 Å². The Morgan fingerprint density at radius 2 is 0.839 bits per heavy atom. The maximum absolute atomic E-state index is 6.33. The van der Waals surface area contributed by atoms with Crippen LogP contribution < -0.4 is 0 Å². The van der Waals surface area contributed by atoms with Crippen molar-refractivity contribution in [3.05, 3.63) is 0 Å². The number of fused-ring (bicyclic) bond motifs is 2. The van der Waals surface area contributed by atoms with Crippen LogP contribution in [0, 0.1) is 107 Å². The standard InChI is InChI=1S/C31H52/c1-11-25-15-29-22(8)20(6)17(3)13-28(29)24(10)31(25)30-18(4)14-26-21(7)19(5)16(2)12-27(26)23(30)9/h1,16-31H,12-15H2,2-10H3. The average Bonchev–Trinajstić information content (AvgIpc) is 2.73. The zero-order valence-corrected chi connectivity index (χ0v) is 22.1. The third-order valence-corrected chi connectivity index (χ3v) is 12.7. The molecule has 4 aliphatic carbocycles. The monoisotopic (exact) mass is 424 g/mol. The fraction of sp³-hybridized carbons (Fsp3) is 0.935. The van der Waals surface area contributed by atoms with Crippen LogP contribution in [0.1, 0.15) is 88.0 Å². The number of rotatable bonds is 1. The molecule has 4 saturated carbocycles. The van der Waals surface area contributed by atoms with E-state index in [0.29, 0.717) is 5.92 Å². The minimum absolute atomic E-state index is 0.503. The minimum Gasteiger partial charge on any atom is -0.120 e. The topological polar surface area (TPSA) is 0 Å². The molecule has 0 aromatic rings. The molecule has 0 bridgehead atoms. The van der Waals surface area contributed by atoms with Gasteiger partial charge < -0.3 is 0 Å². The van der Waals surface area contributed by atoms with Crippen LogP contribution in [0.4, 0.5) is 0 Å². The van der Waals surface area contributed by atoms with Crippen molar-refractivity contribution >= 4 is 0 Å². The van der Waals surface area contributed by atoms with Gasteiger partial charge in [0.15, 0.2) is 0 Å². The van der Waals surface area contributed by atoms with E-state index in [0.717, 1.165) is 88.8 Å². The van der Waals surface area contributed by atoms with Crippen molar-refractivity contribution in [3.63, 3.8) is 0 Å². The van der Waals surface area contributed by atoms with Gasteiger partial charge in [0.2, 0.25) is 0 Å². The molecular weight excluding hydrogens is 372 g/mol. The Kier molecular flexibility index (Phi) is 6.68. The molecule has 16 atom stereocenters. The molecule has 0 aliphatic heterocycles. The molecule has 31 heavy (non-hydrogen) atoms. The normalized spacial score (nSPS) is 59.9. The zero-order valence-electron chi connectivity index (χ0n) is 22.1. The lowest BCUT2D eigenvalue weighted by Gasteiger charge is -2.60. The Hall–Kier alpha value is -0.440. The summed E-state index contributed by atoms with van der Waals surface area (Å²) in [5, 5.41) is 0. The molecule has 0 radical (unpaired) electrons. The molecule has 4 rings (SSSR count). The van der Waals surface area contributed by atoms with Crippen LogP contribution in [0.2, 0.25) is 0 Å². The van der Waals surface area contributed by atoms with E-state index in [9.17, 15) is 0 Å². The van der Waals surface area contributed by atoms with Gasteiger partial charge in [-0.1, -0.05) is 62.3 Å². The first-order valence-electron chi connectivity index (χ1n) is 14.0. The third-order valence-electron chi connectivity index (χ3n) is 12.7. The van der Waals surface area contributed by atoms with Crippen molar-refractivity contribution in [1.82, 2.24) is 0 Å². The first-order chi connectivity index (χ1) is 14.6. The van der Waals surface area contributed by atoms with Crippen LogP contribution in [0.3, 0.4) is 0 Å². The Morgan fingerprint density at radius 1 is 0.452 bits per heavy atom. The van der Waals surface area contributed by atoms with Gasteiger partial charge in [-0.05, 0) is 114 Å². The highest BCUT2D eigenvalue weighted by Gasteiger charge is 2.55. The molecule has 0 amide bonds. The zero-order chi connectivity index (χ0) is 22.8. The number of hydrogen-bond acceptors (Lipinski definition) is 0. The van der Waals surface area contributed by atoms with Gasteiger partial charge in [0, 0.05) is 5.92 Å². The first-order valence-corrected chi connectivity index (χ1v) is 14.0. The minimum atomic E-state index is 0.503. The highest BCUT2D eigenvalue weighted by molar-refractivity contribution is 5.10. The summed E-state index contributed by atoms with van der Waals surface area (Å²) in [5.41, 5.74) is 0. The van der Waals surface area contributed by atoms with Gasteiger partial charge in [0.1, 0.15) is 0 Å². The predicted molar refractivity (Wildman–Crippen MR) is 134 cm³/mol. The third kappa shape index (κ3) is 3.73. The second kappa shape index (κ2) is 8.73. The smallest absolute Gasteiger partial charge is 0.0236 e. The van der Waals surface area contributed by atoms with Crippen LogP contribution in [0.25, 0.3) is 0 Å². The second-order valence-electron chi connectivity index (χ2n) is 13.6. The summed E-state index contributed by atoms with van der Waals surface area (Å²) in [5.74, 6) is 16.8. The Labute approximate surface area is 195 Å². The van der Waals surface area contributed by atoms with Crippen molar-refractivity contribution in [2.45, 2.75) is 88.0 Å². The predicted octanol–water partition coefficient (Wildman–Crippen LogP) is 8.27. The summed E-state index contributed by atoms with van der Waals surface area (Å²) in [6, 6.07) is 0. The summed E-state index contributed by atoms with van der Waals surface area (Å²) in [6.07, 6.45) is 12.0. The maximum atomic E-state index is 6.33. The van der Waals surface area contributed by atoms with Crippen molar-refractivity contribution in [2.24, 2.45) is 94.7 Å². The van der Waals surface area contributed by atoms with Gasteiger partial charge in [0.25, 0.3) is 0 Å². The fourth-order valence-corrected chi connectivity index (χ4v) is 10.2. The molecule has 16 unspecified atom stereocenters. The molecule has 0 aromatic carbocycles. The summed E-state index contributed by atoms with van der Waals surface area (Å²) in [4.78, 5) is 0. The Morgan fingerprint density at radius 3 is 1.32 bits per heavy atom. The quantitative estimate of drug-likeness (QED) is 0.371. The molecule has 0 aromatic heterocycles. The molecule has 0 N–H and O–H groups in total. The second-order valence-corrected chi connectivity index (χ2v) is 13.6. The fourth-order valence-electron chi connectivity index (χ4n) is 10.2. The molecular formula is C31H52. The maximum Gasteiger partial charge on any atom is 0.0236 e. The van der Waals surface area contributed by atoms with Crippen LogP contribution in [-0.2, 0) is 0 Å². The highest BCUT2D eigenvalue weighted by Crippen LogP contribution is 2.61. The van der Waals surface area contributed by atoms with Gasteiger partial charge in [0.05, 0.1) is 0 Å². The van der Waals surface area contributed by atoms with E-state index in [4.69, 9.17) is 6.42 Å². The number of hydrogen-bond donors (Lipinski definition) is 0. The highest BCUT2D eigenvalue weighted by atomic mass is 14.6. The largest absolute Gasteiger partial charge is 0.120 e. The first kappa shape index (κ1) is 23.7. The van der Waals surface area contributed by atoms with Crippen molar-refractivity contribution in [3.8, 4) is 12.3 Å². The van der Waals surface area contributed by atoms with E-state index in [1.54, 1.807) is 0 Å². The van der Waals surface area contributed by atoms with E-state index >= 15 is 0 Å².